The molecule has 1 atom stereocenters. The van der Waals surface area contributed by atoms with E-state index in [0.29, 0.717) is 25.5 Å². The predicted octanol–water partition coefficient (Wildman–Crippen LogP) is 3.60. The van der Waals surface area contributed by atoms with Crippen molar-refractivity contribution in [2.75, 3.05) is 18.9 Å². The van der Waals surface area contributed by atoms with E-state index in [0.717, 1.165) is 27.5 Å². The van der Waals surface area contributed by atoms with Crippen molar-refractivity contribution in [3.63, 3.8) is 0 Å². The fourth-order valence-electron chi connectivity index (χ4n) is 3.40. The van der Waals surface area contributed by atoms with Gasteiger partial charge in [0.25, 0.3) is 0 Å². The van der Waals surface area contributed by atoms with Gasteiger partial charge in [-0.25, -0.2) is 4.98 Å². The Morgan fingerprint density at radius 2 is 1.97 bits per heavy atom. The standard InChI is InChI=1S/C22H23N5OS/c1-23-22(24-12-16-11-20(28)27-19-10-6-5-9-18(16)19)25-13-17-14-29-21(26-17)15-7-3-2-4-8-15/h2-10,14,16H,11-13H2,1H3,(H,27,28)(H2,23,24,25). The summed E-state index contributed by atoms with van der Waals surface area (Å²) in [6, 6.07) is 18.1. The van der Waals surface area contributed by atoms with Crippen molar-refractivity contribution < 1.29 is 4.79 Å². The molecule has 1 unspecified atom stereocenters. The minimum Gasteiger partial charge on any atom is -0.356 e. The van der Waals surface area contributed by atoms with E-state index in [2.05, 4.69) is 44.5 Å². The predicted molar refractivity (Wildman–Crippen MR) is 118 cm³/mol. The maximum Gasteiger partial charge on any atom is 0.225 e. The lowest BCUT2D eigenvalue weighted by molar-refractivity contribution is -0.116. The Morgan fingerprint density at radius 1 is 1.17 bits per heavy atom. The summed E-state index contributed by atoms with van der Waals surface area (Å²) >= 11 is 1.63. The van der Waals surface area contributed by atoms with Gasteiger partial charge in [0.1, 0.15) is 5.01 Å². The van der Waals surface area contributed by atoms with Gasteiger partial charge in [-0.15, -0.1) is 11.3 Å². The van der Waals surface area contributed by atoms with E-state index in [1.165, 1.54) is 0 Å². The Labute approximate surface area is 174 Å². The molecule has 1 aromatic heterocycles. The van der Waals surface area contributed by atoms with Gasteiger partial charge in [0.15, 0.2) is 5.96 Å². The number of rotatable bonds is 5. The highest BCUT2D eigenvalue weighted by atomic mass is 32.1. The molecule has 0 radical (unpaired) electrons. The van der Waals surface area contributed by atoms with Crippen LogP contribution in [-0.2, 0) is 11.3 Å². The zero-order valence-electron chi connectivity index (χ0n) is 16.2. The number of amides is 1. The number of fused-ring (bicyclic) bond motifs is 1. The van der Waals surface area contributed by atoms with E-state index >= 15 is 0 Å². The molecule has 148 valence electrons. The lowest BCUT2D eigenvalue weighted by atomic mass is 9.90. The average molecular weight is 406 g/mol. The zero-order chi connectivity index (χ0) is 20.1. The highest BCUT2D eigenvalue weighted by Crippen LogP contribution is 2.31. The molecule has 2 heterocycles. The molecule has 7 heteroatoms. The van der Waals surface area contributed by atoms with Crippen LogP contribution in [0.1, 0.15) is 23.6 Å². The van der Waals surface area contributed by atoms with Crippen LogP contribution in [-0.4, -0.2) is 30.4 Å². The molecule has 3 aromatic rings. The second-order valence-electron chi connectivity index (χ2n) is 6.85. The Bertz CT molecular complexity index is 1010. The number of aromatic nitrogens is 1. The zero-order valence-corrected chi connectivity index (χ0v) is 17.0. The van der Waals surface area contributed by atoms with Crippen molar-refractivity contribution in [1.82, 2.24) is 15.6 Å². The summed E-state index contributed by atoms with van der Waals surface area (Å²) in [5.41, 5.74) is 4.15. The summed E-state index contributed by atoms with van der Waals surface area (Å²) in [6.45, 7) is 1.22. The SMILES string of the molecule is CN=C(NCc1csc(-c2ccccc2)n1)NCC1CC(=O)Nc2ccccc21. The van der Waals surface area contributed by atoms with Gasteiger partial charge < -0.3 is 16.0 Å². The van der Waals surface area contributed by atoms with Crippen molar-refractivity contribution in [2.24, 2.45) is 4.99 Å². The number of hydrogen-bond donors (Lipinski definition) is 3. The molecule has 0 fully saturated rings. The molecule has 0 saturated heterocycles. The minimum atomic E-state index is 0.0503. The van der Waals surface area contributed by atoms with Crippen LogP contribution in [0.3, 0.4) is 0 Å². The van der Waals surface area contributed by atoms with Crippen LogP contribution in [0.4, 0.5) is 5.69 Å². The highest BCUT2D eigenvalue weighted by molar-refractivity contribution is 7.13. The second kappa shape index (κ2) is 8.87. The summed E-state index contributed by atoms with van der Waals surface area (Å²) in [5.74, 6) is 0.861. The molecule has 1 aliphatic heterocycles. The Morgan fingerprint density at radius 3 is 2.79 bits per heavy atom. The molecule has 1 aliphatic rings. The van der Waals surface area contributed by atoms with Crippen molar-refractivity contribution in [3.8, 4) is 10.6 Å². The van der Waals surface area contributed by atoms with Gasteiger partial charge in [0, 0.05) is 42.6 Å². The van der Waals surface area contributed by atoms with E-state index in [1.807, 2.05) is 36.4 Å². The molecule has 29 heavy (non-hydrogen) atoms. The average Bonchev–Trinajstić information content (AvgIpc) is 3.23. The van der Waals surface area contributed by atoms with Crippen LogP contribution in [0, 0.1) is 0 Å². The van der Waals surface area contributed by atoms with Gasteiger partial charge in [-0.05, 0) is 11.6 Å². The fraction of sp³-hybridized carbons (Fsp3) is 0.227. The first-order valence-electron chi connectivity index (χ1n) is 9.56. The number of aliphatic imine (C=N–C) groups is 1. The molecular formula is C22H23N5OS. The first kappa shape index (κ1) is 19.1. The third kappa shape index (κ3) is 4.63. The lowest BCUT2D eigenvalue weighted by Gasteiger charge is -2.26. The van der Waals surface area contributed by atoms with E-state index in [4.69, 9.17) is 4.98 Å². The number of nitrogens with one attached hydrogen (secondary N) is 3. The summed E-state index contributed by atoms with van der Waals surface area (Å²) in [5, 5.41) is 12.7. The van der Waals surface area contributed by atoms with E-state index in [9.17, 15) is 4.79 Å². The summed E-state index contributed by atoms with van der Waals surface area (Å²) in [4.78, 5) is 21.0. The van der Waals surface area contributed by atoms with E-state index in [-0.39, 0.29) is 11.8 Å². The maximum absolute atomic E-state index is 12.0. The van der Waals surface area contributed by atoms with Crippen molar-refractivity contribution in [1.29, 1.82) is 0 Å². The molecule has 0 spiro atoms. The fourth-order valence-corrected chi connectivity index (χ4v) is 4.23. The number of hydrogen-bond acceptors (Lipinski definition) is 4. The third-order valence-corrected chi connectivity index (χ3v) is 5.80. The number of carbonyl (C=O) groups excluding carboxylic acids is 1. The Hall–Kier alpha value is -3.19. The molecule has 1 amide bonds. The van der Waals surface area contributed by atoms with E-state index < -0.39 is 0 Å². The lowest BCUT2D eigenvalue weighted by Crippen LogP contribution is -2.40. The van der Waals surface area contributed by atoms with Gasteiger partial charge >= 0.3 is 0 Å². The third-order valence-electron chi connectivity index (χ3n) is 4.86. The van der Waals surface area contributed by atoms with Gasteiger partial charge in [-0.1, -0.05) is 48.5 Å². The van der Waals surface area contributed by atoms with Gasteiger partial charge in [0.2, 0.25) is 5.91 Å². The molecule has 6 nitrogen and oxygen atoms in total. The maximum atomic E-state index is 12.0. The van der Waals surface area contributed by atoms with Crippen LogP contribution in [0.15, 0.2) is 65.0 Å². The molecule has 3 N–H and O–H groups in total. The Balaban J connectivity index is 1.34. The molecular weight excluding hydrogens is 382 g/mol. The van der Waals surface area contributed by atoms with Gasteiger partial charge in [-0.3, -0.25) is 9.79 Å². The second-order valence-corrected chi connectivity index (χ2v) is 7.71. The first-order chi connectivity index (χ1) is 14.2. The number of carbonyl (C=O) groups is 1. The van der Waals surface area contributed by atoms with Crippen molar-refractivity contribution >= 4 is 28.9 Å². The number of thiazole rings is 1. The van der Waals surface area contributed by atoms with Crippen molar-refractivity contribution in [2.45, 2.75) is 18.9 Å². The molecule has 4 rings (SSSR count). The number of benzene rings is 2. The molecule has 0 aliphatic carbocycles. The van der Waals surface area contributed by atoms with Gasteiger partial charge in [-0.2, -0.15) is 0 Å². The smallest absolute Gasteiger partial charge is 0.225 e. The van der Waals surface area contributed by atoms with E-state index in [1.54, 1.807) is 18.4 Å². The number of guanidine groups is 1. The molecule has 0 bridgehead atoms. The highest BCUT2D eigenvalue weighted by Gasteiger charge is 2.24. The molecule has 2 aromatic carbocycles. The summed E-state index contributed by atoms with van der Waals surface area (Å²) in [6.07, 6.45) is 0.466. The molecule has 0 saturated carbocycles. The van der Waals surface area contributed by atoms with Crippen molar-refractivity contribution in [3.05, 3.63) is 71.2 Å². The van der Waals surface area contributed by atoms with Crippen LogP contribution < -0.4 is 16.0 Å². The van der Waals surface area contributed by atoms with Crippen LogP contribution in [0.2, 0.25) is 0 Å². The van der Waals surface area contributed by atoms with Crippen LogP contribution in [0.5, 0.6) is 0 Å². The van der Waals surface area contributed by atoms with Crippen LogP contribution >= 0.6 is 11.3 Å². The normalized spacial score (nSPS) is 16.1. The van der Waals surface area contributed by atoms with Gasteiger partial charge in [0.05, 0.1) is 12.2 Å². The largest absolute Gasteiger partial charge is 0.356 e. The van der Waals surface area contributed by atoms with Crippen LogP contribution in [0.25, 0.3) is 10.6 Å². The number of para-hydroxylation sites is 1. The minimum absolute atomic E-state index is 0.0503. The monoisotopic (exact) mass is 405 g/mol. The first-order valence-corrected chi connectivity index (χ1v) is 10.4. The quantitative estimate of drug-likeness (QED) is 0.448. The summed E-state index contributed by atoms with van der Waals surface area (Å²) < 4.78 is 0. The Kier molecular flexibility index (Phi) is 5.86. The number of anilines is 1. The topological polar surface area (TPSA) is 78.4 Å². The summed E-state index contributed by atoms with van der Waals surface area (Å²) in [7, 11) is 1.74. The number of nitrogens with zero attached hydrogens (tertiary/aromatic N) is 2.